The second kappa shape index (κ2) is 9.39. The van der Waals surface area contributed by atoms with Crippen molar-refractivity contribution in [1.82, 2.24) is 24.7 Å². The quantitative estimate of drug-likeness (QED) is 0.780. The summed E-state index contributed by atoms with van der Waals surface area (Å²) >= 11 is 0. The van der Waals surface area contributed by atoms with Gasteiger partial charge in [0.15, 0.2) is 0 Å². The third-order valence-electron chi connectivity index (χ3n) is 5.34. The summed E-state index contributed by atoms with van der Waals surface area (Å²) in [5, 5.41) is 2.96. The van der Waals surface area contributed by atoms with Gasteiger partial charge in [0, 0.05) is 56.4 Å². The number of benzene rings is 1. The molecule has 1 aliphatic heterocycles. The molecule has 1 aliphatic rings. The third-order valence-corrected chi connectivity index (χ3v) is 5.34. The Morgan fingerprint density at radius 1 is 1.21 bits per heavy atom. The van der Waals surface area contributed by atoms with E-state index in [1.54, 1.807) is 17.4 Å². The lowest BCUT2D eigenvalue weighted by atomic mass is 10.0. The van der Waals surface area contributed by atoms with Crippen molar-refractivity contribution in [2.45, 2.75) is 38.6 Å². The number of piperidine rings is 1. The lowest BCUT2D eigenvalue weighted by Gasteiger charge is -2.36. The van der Waals surface area contributed by atoms with E-state index in [1.165, 1.54) is 0 Å². The standard InChI is InChI=1S/C21H29N5O2/c1-3-4-11-23-21(28)24(2)18-9-13-25(14-10-18)20(27)17-5-7-19(8-6-17)26-15-12-22-16-26/h5-8,12,15-16,18H,3-4,9-11,13-14H2,1-2H3,(H,23,28). The van der Waals surface area contributed by atoms with Crippen LogP contribution in [0.25, 0.3) is 5.69 Å². The average molecular weight is 383 g/mol. The highest BCUT2D eigenvalue weighted by Gasteiger charge is 2.27. The Balaban J connectivity index is 1.51. The first kappa shape index (κ1) is 19.9. The predicted octanol–water partition coefficient (Wildman–Crippen LogP) is 2.92. The Morgan fingerprint density at radius 2 is 1.93 bits per heavy atom. The van der Waals surface area contributed by atoms with Gasteiger partial charge < -0.3 is 19.7 Å². The number of carbonyl (C=O) groups is 2. The first-order chi connectivity index (χ1) is 13.6. The van der Waals surface area contributed by atoms with Crippen LogP contribution in [0.15, 0.2) is 43.0 Å². The van der Waals surface area contributed by atoms with Gasteiger partial charge in [-0.15, -0.1) is 0 Å². The zero-order valence-electron chi connectivity index (χ0n) is 16.7. The van der Waals surface area contributed by atoms with Crippen LogP contribution >= 0.6 is 0 Å². The number of imidazole rings is 1. The zero-order valence-corrected chi connectivity index (χ0v) is 16.7. The minimum atomic E-state index is -0.0201. The average Bonchev–Trinajstić information content (AvgIpc) is 3.28. The lowest BCUT2D eigenvalue weighted by molar-refractivity contribution is 0.0667. The number of aromatic nitrogens is 2. The number of rotatable bonds is 6. The molecule has 0 saturated carbocycles. The molecule has 150 valence electrons. The van der Waals surface area contributed by atoms with E-state index in [1.807, 2.05) is 47.0 Å². The summed E-state index contributed by atoms with van der Waals surface area (Å²) in [6, 6.07) is 7.72. The molecule has 3 amide bonds. The van der Waals surface area contributed by atoms with Crippen molar-refractivity contribution in [3.63, 3.8) is 0 Å². The van der Waals surface area contributed by atoms with Gasteiger partial charge >= 0.3 is 6.03 Å². The number of nitrogens with one attached hydrogen (secondary N) is 1. The first-order valence-corrected chi connectivity index (χ1v) is 9.98. The SMILES string of the molecule is CCCCNC(=O)N(C)C1CCN(C(=O)c2ccc(-n3ccnc3)cc2)CC1. The lowest BCUT2D eigenvalue weighted by Crippen LogP contribution is -2.50. The molecular formula is C21H29N5O2. The van der Waals surface area contributed by atoms with Crippen LogP contribution in [0.5, 0.6) is 0 Å². The van der Waals surface area contributed by atoms with Crippen molar-refractivity contribution in [3.8, 4) is 5.69 Å². The summed E-state index contributed by atoms with van der Waals surface area (Å²) < 4.78 is 1.90. The molecule has 28 heavy (non-hydrogen) atoms. The van der Waals surface area contributed by atoms with Gasteiger partial charge in [-0.2, -0.15) is 0 Å². The van der Waals surface area contributed by atoms with E-state index in [9.17, 15) is 9.59 Å². The summed E-state index contributed by atoms with van der Waals surface area (Å²) in [7, 11) is 1.85. The molecule has 1 N–H and O–H groups in total. The van der Waals surface area contributed by atoms with Crippen LogP contribution in [-0.4, -0.2) is 64.0 Å². The number of likely N-dealkylation sites (tertiary alicyclic amines) is 1. The van der Waals surface area contributed by atoms with Crippen LogP contribution in [0.1, 0.15) is 43.0 Å². The minimum absolute atomic E-state index is 0.0201. The molecule has 7 heteroatoms. The Morgan fingerprint density at radius 3 is 2.54 bits per heavy atom. The van der Waals surface area contributed by atoms with Gasteiger partial charge in [0.1, 0.15) is 0 Å². The minimum Gasteiger partial charge on any atom is -0.338 e. The molecule has 0 aliphatic carbocycles. The van der Waals surface area contributed by atoms with Crippen molar-refractivity contribution in [2.24, 2.45) is 0 Å². The third kappa shape index (κ3) is 4.71. The van der Waals surface area contributed by atoms with Gasteiger partial charge in [-0.3, -0.25) is 4.79 Å². The van der Waals surface area contributed by atoms with Gasteiger partial charge in [0.05, 0.1) is 6.33 Å². The molecule has 0 spiro atoms. The molecule has 0 radical (unpaired) electrons. The number of hydrogen-bond donors (Lipinski definition) is 1. The molecule has 1 aromatic heterocycles. The first-order valence-electron chi connectivity index (χ1n) is 9.98. The Labute approximate surface area is 166 Å². The maximum atomic E-state index is 12.8. The van der Waals surface area contributed by atoms with E-state index < -0.39 is 0 Å². The summed E-state index contributed by atoms with van der Waals surface area (Å²) in [5.41, 5.74) is 1.66. The fraction of sp³-hybridized carbons (Fsp3) is 0.476. The summed E-state index contributed by atoms with van der Waals surface area (Å²) in [6.07, 6.45) is 8.99. The van der Waals surface area contributed by atoms with E-state index in [-0.39, 0.29) is 18.0 Å². The van der Waals surface area contributed by atoms with Crippen molar-refractivity contribution in [2.75, 3.05) is 26.7 Å². The number of amides is 3. The van der Waals surface area contributed by atoms with Crippen molar-refractivity contribution in [1.29, 1.82) is 0 Å². The van der Waals surface area contributed by atoms with Crippen LogP contribution in [0.2, 0.25) is 0 Å². The van der Waals surface area contributed by atoms with Crippen LogP contribution in [-0.2, 0) is 0 Å². The fourth-order valence-electron chi connectivity index (χ4n) is 3.49. The van der Waals surface area contributed by atoms with Gasteiger partial charge in [-0.1, -0.05) is 13.3 Å². The van der Waals surface area contributed by atoms with Crippen molar-refractivity contribution in [3.05, 3.63) is 48.5 Å². The van der Waals surface area contributed by atoms with Crippen LogP contribution in [0.3, 0.4) is 0 Å². The maximum absolute atomic E-state index is 12.8. The van der Waals surface area contributed by atoms with E-state index in [0.717, 1.165) is 31.4 Å². The molecule has 0 unspecified atom stereocenters. The predicted molar refractivity (Wildman–Crippen MR) is 109 cm³/mol. The number of carbonyl (C=O) groups excluding carboxylic acids is 2. The summed E-state index contributed by atoms with van der Waals surface area (Å²) in [4.78, 5) is 32.7. The molecule has 7 nitrogen and oxygen atoms in total. The maximum Gasteiger partial charge on any atom is 0.317 e. The highest BCUT2D eigenvalue weighted by Crippen LogP contribution is 2.18. The second-order valence-corrected chi connectivity index (χ2v) is 7.24. The number of hydrogen-bond acceptors (Lipinski definition) is 3. The summed E-state index contributed by atoms with van der Waals surface area (Å²) in [6.45, 7) is 4.15. The molecular weight excluding hydrogens is 354 g/mol. The highest BCUT2D eigenvalue weighted by atomic mass is 16.2. The monoisotopic (exact) mass is 383 g/mol. The number of urea groups is 1. The normalized spacial score (nSPS) is 14.7. The highest BCUT2D eigenvalue weighted by molar-refractivity contribution is 5.94. The van der Waals surface area contributed by atoms with Crippen molar-refractivity contribution >= 4 is 11.9 Å². The number of nitrogens with zero attached hydrogens (tertiary/aromatic N) is 4. The molecule has 1 aromatic carbocycles. The van der Waals surface area contributed by atoms with Gasteiger partial charge in [-0.25, -0.2) is 9.78 Å². The van der Waals surface area contributed by atoms with Gasteiger partial charge in [-0.05, 0) is 43.5 Å². The Hall–Kier alpha value is -2.83. The number of unbranched alkanes of at least 4 members (excludes halogenated alkanes) is 1. The smallest absolute Gasteiger partial charge is 0.317 e. The van der Waals surface area contributed by atoms with E-state index in [0.29, 0.717) is 25.2 Å². The molecule has 2 aromatic rings. The van der Waals surface area contributed by atoms with E-state index >= 15 is 0 Å². The molecule has 1 fully saturated rings. The van der Waals surface area contributed by atoms with E-state index in [4.69, 9.17) is 0 Å². The largest absolute Gasteiger partial charge is 0.338 e. The van der Waals surface area contributed by atoms with Crippen LogP contribution in [0, 0.1) is 0 Å². The topological polar surface area (TPSA) is 70.5 Å². The van der Waals surface area contributed by atoms with Crippen LogP contribution < -0.4 is 5.32 Å². The Bertz CT molecular complexity index is 765. The van der Waals surface area contributed by atoms with Gasteiger partial charge in [0.25, 0.3) is 5.91 Å². The van der Waals surface area contributed by atoms with Crippen LogP contribution in [0.4, 0.5) is 4.79 Å². The molecule has 0 atom stereocenters. The Kier molecular flexibility index (Phi) is 6.68. The van der Waals surface area contributed by atoms with Gasteiger partial charge in [0.2, 0.25) is 0 Å². The zero-order chi connectivity index (χ0) is 19.9. The molecule has 0 bridgehead atoms. The fourth-order valence-corrected chi connectivity index (χ4v) is 3.49. The second-order valence-electron chi connectivity index (χ2n) is 7.24. The molecule has 2 heterocycles. The van der Waals surface area contributed by atoms with E-state index in [2.05, 4.69) is 17.2 Å². The molecule has 3 rings (SSSR count). The molecule has 1 saturated heterocycles. The van der Waals surface area contributed by atoms with Crippen molar-refractivity contribution < 1.29 is 9.59 Å². The summed E-state index contributed by atoms with van der Waals surface area (Å²) in [5.74, 6) is 0.0469.